The van der Waals surface area contributed by atoms with Gasteiger partial charge < -0.3 is 10.2 Å². The van der Waals surface area contributed by atoms with Crippen LogP contribution in [-0.4, -0.2) is 21.7 Å². The van der Waals surface area contributed by atoms with Gasteiger partial charge in [-0.05, 0) is 26.0 Å². The number of aromatic nitrogens is 3. The largest absolute Gasteiger partial charge is 0.496 e. The molecule has 0 spiro atoms. The van der Waals surface area contributed by atoms with Crippen LogP contribution < -0.4 is 16.0 Å². The fourth-order valence-electron chi connectivity index (χ4n) is 2.36. The number of rotatable bonds is 3. The first kappa shape index (κ1) is 13.4. The number of nitrogens with zero attached hydrogens (tertiary/aromatic N) is 3. The van der Waals surface area contributed by atoms with Gasteiger partial charge in [0, 0.05) is 22.9 Å². The van der Waals surface area contributed by atoms with E-state index in [1.54, 1.807) is 11.6 Å². The summed E-state index contributed by atoms with van der Waals surface area (Å²) in [6.45, 7) is 3.91. The molecule has 6 nitrogen and oxygen atoms in total. The molecule has 0 saturated carbocycles. The van der Waals surface area contributed by atoms with E-state index in [-0.39, 0.29) is 0 Å². The molecule has 21 heavy (non-hydrogen) atoms. The van der Waals surface area contributed by atoms with Gasteiger partial charge in [0.2, 0.25) is 0 Å². The van der Waals surface area contributed by atoms with Gasteiger partial charge in [-0.3, -0.25) is 0 Å². The molecule has 0 amide bonds. The number of ether oxygens (including phenoxy) is 1. The van der Waals surface area contributed by atoms with Crippen LogP contribution >= 0.6 is 0 Å². The van der Waals surface area contributed by atoms with Gasteiger partial charge in [-0.1, -0.05) is 12.1 Å². The zero-order valence-corrected chi connectivity index (χ0v) is 12.2. The fraction of sp³-hybridized carbons (Fsp3) is 0.200. The lowest BCUT2D eigenvalue weighted by Crippen LogP contribution is -2.14. The van der Waals surface area contributed by atoms with Gasteiger partial charge in [-0.15, -0.1) is 0 Å². The highest BCUT2D eigenvalue weighted by atomic mass is 16.5. The third kappa shape index (κ3) is 2.09. The minimum atomic E-state index is 0.735. The van der Waals surface area contributed by atoms with Crippen LogP contribution in [0.1, 0.15) is 11.3 Å². The van der Waals surface area contributed by atoms with Crippen molar-refractivity contribution < 1.29 is 4.74 Å². The van der Waals surface area contributed by atoms with Gasteiger partial charge in [0.05, 0.1) is 12.8 Å². The van der Waals surface area contributed by atoms with Crippen molar-refractivity contribution in [2.75, 3.05) is 12.5 Å². The Morgan fingerprint density at radius 1 is 1.24 bits per heavy atom. The maximum atomic E-state index is 5.63. The van der Waals surface area contributed by atoms with Crippen molar-refractivity contribution in [3.05, 3.63) is 41.6 Å². The van der Waals surface area contributed by atoms with Crippen LogP contribution in [0.3, 0.4) is 0 Å². The van der Waals surface area contributed by atoms with Gasteiger partial charge >= 0.3 is 0 Å². The third-order valence-corrected chi connectivity index (χ3v) is 3.60. The minimum absolute atomic E-state index is 0.735. The quantitative estimate of drug-likeness (QED) is 0.569. The summed E-state index contributed by atoms with van der Waals surface area (Å²) in [5.74, 6) is 7.14. The number of hydrogen-bond donors (Lipinski definition) is 2. The zero-order chi connectivity index (χ0) is 15.0. The molecule has 0 fully saturated rings. The smallest absolute Gasteiger partial charge is 0.158 e. The lowest BCUT2D eigenvalue weighted by atomic mass is 10.1. The summed E-state index contributed by atoms with van der Waals surface area (Å²) in [4.78, 5) is 4.55. The number of hydrogen-bond acceptors (Lipinski definition) is 5. The first-order chi connectivity index (χ1) is 10.2. The second-order valence-electron chi connectivity index (χ2n) is 4.82. The topological polar surface area (TPSA) is 77.5 Å². The van der Waals surface area contributed by atoms with E-state index in [2.05, 4.69) is 15.5 Å². The van der Waals surface area contributed by atoms with E-state index in [1.807, 2.05) is 44.2 Å². The zero-order valence-electron chi connectivity index (χ0n) is 12.2. The van der Waals surface area contributed by atoms with Crippen molar-refractivity contribution in [1.82, 2.24) is 14.6 Å². The van der Waals surface area contributed by atoms with Crippen molar-refractivity contribution in [2.45, 2.75) is 13.8 Å². The second kappa shape index (κ2) is 5.06. The van der Waals surface area contributed by atoms with Crippen LogP contribution in [0.2, 0.25) is 0 Å². The molecule has 1 aromatic carbocycles. The number of nitrogen functional groups attached to an aromatic ring is 1. The van der Waals surface area contributed by atoms with Crippen LogP contribution in [-0.2, 0) is 0 Å². The molecule has 108 valence electrons. The summed E-state index contributed by atoms with van der Waals surface area (Å²) in [6, 6.07) is 9.68. The maximum Gasteiger partial charge on any atom is 0.158 e. The minimum Gasteiger partial charge on any atom is -0.496 e. The Bertz CT molecular complexity index is 809. The third-order valence-electron chi connectivity index (χ3n) is 3.60. The maximum absolute atomic E-state index is 5.63. The van der Waals surface area contributed by atoms with Crippen molar-refractivity contribution in [1.29, 1.82) is 0 Å². The normalized spacial score (nSPS) is 10.9. The molecule has 3 aromatic rings. The van der Waals surface area contributed by atoms with Crippen molar-refractivity contribution in [3.63, 3.8) is 0 Å². The molecule has 3 N–H and O–H groups in total. The monoisotopic (exact) mass is 283 g/mol. The number of anilines is 1. The number of nitrogens with two attached hydrogens (primary N) is 1. The first-order valence-electron chi connectivity index (χ1n) is 6.62. The molecule has 0 saturated heterocycles. The molecule has 2 heterocycles. The van der Waals surface area contributed by atoms with Gasteiger partial charge in [-0.2, -0.15) is 9.61 Å². The lowest BCUT2D eigenvalue weighted by molar-refractivity contribution is 0.416. The Labute approximate surface area is 122 Å². The molecule has 2 aromatic heterocycles. The van der Waals surface area contributed by atoms with Crippen LogP contribution in [0.15, 0.2) is 30.3 Å². The molecule has 6 heteroatoms. The van der Waals surface area contributed by atoms with Gasteiger partial charge in [0.25, 0.3) is 0 Å². The summed E-state index contributed by atoms with van der Waals surface area (Å²) >= 11 is 0. The molecular formula is C15H17N5O. The summed E-state index contributed by atoms with van der Waals surface area (Å²) in [6.07, 6.45) is 0. The highest BCUT2D eigenvalue weighted by Gasteiger charge is 2.14. The Hall–Kier alpha value is -2.60. The molecule has 0 radical (unpaired) electrons. The highest BCUT2D eigenvalue weighted by Crippen LogP contribution is 2.30. The van der Waals surface area contributed by atoms with Gasteiger partial charge in [0.1, 0.15) is 11.6 Å². The number of methoxy groups -OCH3 is 1. The first-order valence-corrected chi connectivity index (χ1v) is 6.62. The lowest BCUT2D eigenvalue weighted by Gasteiger charge is -2.09. The Morgan fingerprint density at radius 3 is 2.71 bits per heavy atom. The molecule has 0 aliphatic carbocycles. The summed E-state index contributed by atoms with van der Waals surface area (Å²) in [5.41, 5.74) is 7.05. The average Bonchev–Trinajstić information content (AvgIpc) is 2.91. The van der Waals surface area contributed by atoms with Crippen LogP contribution in [0.5, 0.6) is 5.75 Å². The van der Waals surface area contributed by atoms with Crippen LogP contribution in [0, 0.1) is 13.8 Å². The standard InChI is InChI=1S/C15H17N5O/c1-9-10(2)17-14-8-12(19-20(14)15(9)18-16)11-6-4-5-7-13(11)21-3/h4-8,18H,16H2,1-3H3. The van der Waals surface area contributed by atoms with E-state index >= 15 is 0 Å². The van der Waals surface area contributed by atoms with E-state index < -0.39 is 0 Å². The molecule has 0 aliphatic heterocycles. The summed E-state index contributed by atoms with van der Waals surface area (Å²) in [5, 5.41) is 4.60. The van der Waals surface area contributed by atoms with Gasteiger partial charge in [-0.25, -0.2) is 10.8 Å². The number of nitrogens with one attached hydrogen (secondary N) is 1. The number of hydrazine groups is 1. The van der Waals surface area contributed by atoms with E-state index in [0.29, 0.717) is 0 Å². The highest BCUT2D eigenvalue weighted by molar-refractivity contribution is 5.71. The molecule has 0 unspecified atom stereocenters. The van der Waals surface area contributed by atoms with Gasteiger partial charge in [0.15, 0.2) is 5.65 Å². The van der Waals surface area contributed by atoms with E-state index in [4.69, 9.17) is 10.6 Å². The van der Waals surface area contributed by atoms with Crippen LogP contribution in [0.25, 0.3) is 16.9 Å². The predicted octanol–water partition coefficient (Wildman–Crippen LogP) is 2.31. The van der Waals surface area contributed by atoms with Crippen LogP contribution in [0.4, 0.5) is 5.82 Å². The van der Waals surface area contributed by atoms with Crippen molar-refractivity contribution >= 4 is 11.5 Å². The fourth-order valence-corrected chi connectivity index (χ4v) is 2.36. The number of para-hydroxylation sites is 1. The molecule has 0 atom stereocenters. The predicted molar refractivity (Wildman–Crippen MR) is 82.3 cm³/mol. The molecule has 0 bridgehead atoms. The Morgan fingerprint density at radius 2 is 2.00 bits per heavy atom. The van der Waals surface area contributed by atoms with E-state index in [0.717, 1.165) is 39.7 Å². The summed E-state index contributed by atoms with van der Waals surface area (Å²) < 4.78 is 7.10. The molecule has 0 aliphatic rings. The van der Waals surface area contributed by atoms with Crippen molar-refractivity contribution in [3.8, 4) is 17.0 Å². The average molecular weight is 283 g/mol. The second-order valence-corrected chi connectivity index (χ2v) is 4.82. The number of aryl methyl sites for hydroxylation is 1. The SMILES string of the molecule is COc1ccccc1-c1cc2nc(C)c(C)c(NN)n2n1. The summed E-state index contributed by atoms with van der Waals surface area (Å²) in [7, 11) is 1.65. The van der Waals surface area contributed by atoms with E-state index in [9.17, 15) is 0 Å². The Balaban J connectivity index is 2.27. The van der Waals surface area contributed by atoms with E-state index in [1.165, 1.54) is 0 Å². The van der Waals surface area contributed by atoms with Crippen molar-refractivity contribution in [2.24, 2.45) is 5.84 Å². The molecule has 3 rings (SSSR count). The number of benzene rings is 1. The molecular weight excluding hydrogens is 266 g/mol. The Kier molecular flexibility index (Phi) is 3.23. The number of fused-ring (bicyclic) bond motifs is 1.